The molecule has 0 unspecified atom stereocenters. The second-order valence-electron chi connectivity index (χ2n) is 6.28. The molecular formula is C21H19N3O4S. The van der Waals surface area contributed by atoms with Crippen LogP contribution in [0.2, 0.25) is 0 Å². The zero-order valence-electron chi connectivity index (χ0n) is 16.2. The second-order valence-corrected chi connectivity index (χ2v) is 7.28. The molecular weight excluding hydrogens is 390 g/mol. The van der Waals surface area contributed by atoms with Gasteiger partial charge in [-0.25, -0.2) is 14.8 Å². The van der Waals surface area contributed by atoms with Crippen LogP contribution >= 0.6 is 11.3 Å². The summed E-state index contributed by atoms with van der Waals surface area (Å²) in [6, 6.07) is 11.3. The Morgan fingerprint density at radius 3 is 2.69 bits per heavy atom. The zero-order valence-corrected chi connectivity index (χ0v) is 17.0. The van der Waals surface area contributed by atoms with E-state index in [1.165, 1.54) is 11.3 Å². The highest BCUT2D eigenvalue weighted by Gasteiger charge is 2.19. The minimum atomic E-state index is -0.413. The molecule has 29 heavy (non-hydrogen) atoms. The molecule has 4 aromatic rings. The number of carbonyl (C=O) groups is 1. The van der Waals surface area contributed by atoms with Crippen molar-refractivity contribution in [1.29, 1.82) is 0 Å². The van der Waals surface area contributed by atoms with Crippen LogP contribution in [0.5, 0.6) is 11.5 Å². The van der Waals surface area contributed by atoms with Gasteiger partial charge in [0.25, 0.3) is 0 Å². The summed E-state index contributed by atoms with van der Waals surface area (Å²) in [5.74, 6) is 0.828. The van der Waals surface area contributed by atoms with E-state index in [1.807, 2.05) is 53.2 Å². The fourth-order valence-corrected chi connectivity index (χ4v) is 3.90. The number of benzene rings is 1. The van der Waals surface area contributed by atoms with Crippen LogP contribution in [0.25, 0.3) is 16.2 Å². The molecule has 148 valence electrons. The van der Waals surface area contributed by atoms with Crippen LogP contribution < -0.4 is 9.47 Å². The number of imidazole rings is 1. The Balaban J connectivity index is 1.52. The number of hydrogen-bond donors (Lipinski definition) is 0. The Labute approximate surface area is 171 Å². The lowest BCUT2D eigenvalue weighted by molar-refractivity contribution is 0.0473. The third kappa shape index (κ3) is 3.79. The number of methoxy groups -OCH3 is 2. The maximum atomic E-state index is 12.6. The smallest absolute Gasteiger partial charge is 0.350 e. The molecule has 0 aliphatic rings. The number of fused-ring (bicyclic) bond motifs is 1. The Morgan fingerprint density at radius 2 is 1.93 bits per heavy atom. The predicted octanol–water partition coefficient (Wildman–Crippen LogP) is 4.14. The van der Waals surface area contributed by atoms with Crippen molar-refractivity contribution >= 4 is 23.0 Å². The summed E-state index contributed by atoms with van der Waals surface area (Å²) < 4.78 is 18.0. The molecule has 7 nitrogen and oxygen atoms in total. The number of thiazole rings is 1. The first kappa shape index (κ1) is 18.9. The predicted molar refractivity (Wildman–Crippen MR) is 110 cm³/mol. The molecule has 0 aliphatic carbocycles. The Bertz CT molecular complexity index is 1150. The van der Waals surface area contributed by atoms with Crippen molar-refractivity contribution in [2.75, 3.05) is 14.2 Å². The molecule has 0 saturated carbocycles. The summed E-state index contributed by atoms with van der Waals surface area (Å²) in [7, 11) is 3.17. The number of aromatic nitrogens is 3. The second kappa shape index (κ2) is 7.92. The highest BCUT2D eigenvalue weighted by molar-refractivity contribution is 7.17. The third-order valence-electron chi connectivity index (χ3n) is 4.38. The summed E-state index contributed by atoms with van der Waals surface area (Å²) in [4.78, 5) is 22.0. The normalized spacial score (nSPS) is 10.9. The Morgan fingerprint density at radius 1 is 1.10 bits per heavy atom. The van der Waals surface area contributed by atoms with Gasteiger partial charge < -0.3 is 18.6 Å². The minimum absolute atomic E-state index is 0.101. The van der Waals surface area contributed by atoms with Crippen LogP contribution in [0, 0.1) is 6.92 Å². The lowest BCUT2D eigenvalue weighted by Gasteiger charge is -2.08. The van der Waals surface area contributed by atoms with Crippen LogP contribution in [0.15, 0.2) is 48.8 Å². The van der Waals surface area contributed by atoms with Gasteiger partial charge in [-0.1, -0.05) is 6.07 Å². The van der Waals surface area contributed by atoms with Crippen molar-refractivity contribution in [2.45, 2.75) is 13.5 Å². The van der Waals surface area contributed by atoms with Crippen molar-refractivity contribution in [3.63, 3.8) is 0 Å². The van der Waals surface area contributed by atoms with Gasteiger partial charge in [0.2, 0.25) is 0 Å². The molecule has 8 heteroatoms. The molecule has 0 aliphatic heterocycles. The first-order valence-electron chi connectivity index (χ1n) is 8.88. The molecule has 1 aromatic carbocycles. The van der Waals surface area contributed by atoms with Gasteiger partial charge in [0, 0.05) is 18.0 Å². The number of ether oxygens (including phenoxy) is 3. The van der Waals surface area contributed by atoms with Gasteiger partial charge in [-0.3, -0.25) is 0 Å². The molecule has 3 heterocycles. The van der Waals surface area contributed by atoms with Crippen molar-refractivity contribution < 1.29 is 19.0 Å². The lowest BCUT2D eigenvalue weighted by Crippen LogP contribution is -2.05. The Hall–Kier alpha value is -3.39. The van der Waals surface area contributed by atoms with E-state index in [4.69, 9.17) is 14.2 Å². The monoisotopic (exact) mass is 409 g/mol. The van der Waals surface area contributed by atoms with Gasteiger partial charge in [0.05, 0.1) is 25.6 Å². The quantitative estimate of drug-likeness (QED) is 0.446. The largest absolute Gasteiger partial charge is 0.493 e. The number of aryl methyl sites for hydroxylation is 1. The summed E-state index contributed by atoms with van der Waals surface area (Å²) in [6.07, 6.45) is 3.74. The van der Waals surface area contributed by atoms with Crippen LogP contribution in [0.3, 0.4) is 0 Å². The van der Waals surface area contributed by atoms with Gasteiger partial charge >= 0.3 is 5.97 Å². The lowest BCUT2D eigenvalue weighted by atomic mass is 10.2. The molecule has 0 bridgehead atoms. The van der Waals surface area contributed by atoms with Crippen LogP contribution in [-0.4, -0.2) is 34.6 Å². The highest BCUT2D eigenvalue weighted by Crippen LogP contribution is 2.35. The van der Waals surface area contributed by atoms with Gasteiger partial charge in [-0.2, -0.15) is 0 Å². The maximum absolute atomic E-state index is 12.6. The van der Waals surface area contributed by atoms with Gasteiger partial charge in [0.1, 0.15) is 22.1 Å². The number of rotatable bonds is 6. The number of hydrogen-bond acceptors (Lipinski definition) is 7. The fourth-order valence-electron chi connectivity index (χ4n) is 2.94. The zero-order chi connectivity index (χ0) is 20.4. The van der Waals surface area contributed by atoms with E-state index in [-0.39, 0.29) is 6.61 Å². The summed E-state index contributed by atoms with van der Waals surface area (Å²) in [5.41, 5.74) is 2.96. The van der Waals surface area contributed by atoms with E-state index in [0.29, 0.717) is 32.8 Å². The Kier molecular flexibility index (Phi) is 5.18. The topological polar surface area (TPSA) is 75.0 Å². The molecule has 4 rings (SSSR count). The summed E-state index contributed by atoms with van der Waals surface area (Å²) in [6.45, 7) is 1.89. The van der Waals surface area contributed by atoms with Gasteiger partial charge in [-0.15, -0.1) is 11.3 Å². The number of nitrogens with zero attached hydrogens (tertiary/aromatic N) is 3. The average molecular weight is 409 g/mol. The van der Waals surface area contributed by atoms with E-state index in [2.05, 4.69) is 9.97 Å². The van der Waals surface area contributed by atoms with E-state index in [1.54, 1.807) is 21.1 Å². The molecule has 0 amide bonds. The van der Waals surface area contributed by atoms with Crippen molar-refractivity contribution in [2.24, 2.45) is 0 Å². The number of carbonyl (C=O) groups excluding carboxylic acids is 1. The molecule has 0 radical (unpaired) electrons. The highest BCUT2D eigenvalue weighted by atomic mass is 32.1. The first-order valence-corrected chi connectivity index (χ1v) is 9.70. The van der Waals surface area contributed by atoms with E-state index < -0.39 is 5.97 Å². The molecule has 0 spiro atoms. The maximum Gasteiger partial charge on any atom is 0.350 e. The van der Waals surface area contributed by atoms with Crippen LogP contribution in [0.4, 0.5) is 0 Å². The van der Waals surface area contributed by atoms with Gasteiger partial charge in [0.15, 0.2) is 11.5 Å². The average Bonchev–Trinajstić information content (AvgIpc) is 3.34. The summed E-state index contributed by atoms with van der Waals surface area (Å²) >= 11 is 1.29. The van der Waals surface area contributed by atoms with E-state index in [9.17, 15) is 4.79 Å². The van der Waals surface area contributed by atoms with Gasteiger partial charge in [-0.05, 0) is 37.3 Å². The summed E-state index contributed by atoms with van der Waals surface area (Å²) in [5, 5.41) is 0.711. The molecule has 0 saturated heterocycles. The standard InChI is InChI=1S/C21H19N3O4S/c1-13-19(21(25)28-12-15-11-24-9-5-4-6-18(24)23-15)29-20(22-13)14-7-8-16(26-2)17(10-14)27-3/h4-11H,12H2,1-3H3. The fraction of sp³-hybridized carbons (Fsp3) is 0.190. The first-order chi connectivity index (χ1) is 14.1. The van der Waals surface area contributed by atoms with Crippen molar-refractivity contribution in [3.8, 4) is 22.1 Å². The van der Waals surface area contributed by atoms with Crippen LogP contribution in [-0.2, 0) is 11.3 Å². The van der Waals surface area contributed by atoms with E-state index in [0.717, 1.165) is 11.2 Å². The number of pyridine rings is 1. The minimum Gasteiger partial charge on any atom is -0.493 e. The molecule has 0 fully saturated rings. The van der Waals surface area contributed by atoms with Crippen molar-refractivity contribution in [1.82, 2.24) is 14.4 Å². The molecule has 3 aromatic heterocycles. The third-order valence-corrected chi connectivity index (χ3v) is 5.56. The molecule has 0 atom stereocenters. The van der Waals surface area contributed by atoms with Crippen molar-refractivity contribution in [3.05, 3.63) is 65.1 Å². The van der Waals surface area contributed by atoms with E-state index >= 15 is 0 Å². The van der Waals surface area contributed by atoms with Crippen LogP contribution in [0.1, 0.15) is 21.1 Å². The SMILES string of the molecule is COc1ccc(-c2nc(C)c(C(=O)OCc3cn4ccccc4n3)s2)cc1OC. The molecule has 0 N–H and O–H groups in total. The number of esters is 1.